The quantitative estimate of drug-likeness (QED) is 0.616. The summed E-state index contributed by atoms with van der Waals surface area (Å²) in [5, 5.41) is 0.245. The van der Waals surface area contributed by atoms with Crippen molar-refractivity contribution in [1.29, 1.82) is 0 Å². The summed E-state index contributed by atoms with van der Waals surface area (Å²) >= 11 is 1.32. The maximum atomic E-state index is 11.2. The summed E-state index contributed by atoms with van der Waals surface area (Å²) in [6.45, 7) is 7.84. The van der Waals surface area contributed by atoms with Crippen molar-refractivity contribution in [2.75, 3.05) is 0 Å². The van der Waals surface area contributed by atoms with Gasteiger partial charge in [-0.2, -0.15) is 0 Å². The first kappa shape index (κ1) is 10.0. The Balaban J connectivity index is 3.64. The van der Waals surface area contributed by atoms with Crippen LogP contribution in [0.25, 0.3) is 0 Å². The van der Waals surface area contributed by atoms with E-state index >= 15 is 0 Å². The van der Waals surface area contributed by atoms with E-state index in [0.29, 0.717) is 0 Å². The molecule has 0 aromatic carbocycles. The monoisotopic (exact) mass is 159 g/mol. The maximum absolute atomic E-state index is 11.2. The standard InChI is InChI=1S/C8H15OS/c1-5-6-10-7(9)8(2,3)4/h6H,5H2,1-4H3. The molecule has 0 atom stereocenters. The van der Waals surface area contributed by atoms with E-state index in [-0.39, 0.29) is 10.5 Å². The van der Waals surface area contributed by atoms with Crippen LogP contribution in [-0.4, -0.2) is 5.12 Å². The summed E-state index contributed by atoms with van der Waals surface area (Å²) < 4.78 is 0. The fraction of sp³-hybridized carbons (Fsp3) is 0.750. The van der Waals surface area contributed by atoms with E-state index in [2.05, 4.69) is 0 Å². The highest BCUT2D eigenvalue weighted by molar-refractivity contribution is 8.15. The summed E-state index contributed by atoms with van der Waals surface area (Å²) in [6.07, 6.45) is 0.951. The van der Waals surface area contributed by atoms with Crippen LogP contribution in [-0.2, 0) is 4.79 Å². The molecule has 0 aliphatic rings. The van der Waals surface area contributed by atoms with E-state index in [4.69, 9.17) is 0 Å². The van der Waals surface area contributed by atoms with Gasteiger partial charge in [-0.15, -0.1) is 0 Å². The summed E-state index contributed by atoms with van der Waals surface area (Å²) in [7, 11) is 0. The van der Waals surface area contributed by atoms with Crippen molar-refractivity contribution >= 4 is 16.9 Å². The van der Waals surface area contributed by atoms with Crippen LogP contribution in [0, 0.1) is 11.2 Å². The molecule has 1 radical (unpaired) electrons. The summed E-state index contributed by atoms with van der Waals surface area (Å²) in [4.78, 5) is 11.2. The van der Waals surface area contributed by atoms with E-state index in [1.165, 1.54) is 11.8 Å². The third kappa shape index (κ3) is 3.94. The van der Waals surface area contributed by atoms with E-state index in [1.54, 1.807) is 0 Å². The van der Waals surface area contributed by atoms with Crippen LogP contribution >= 0.6 is 11.8 Å². The zero-order valence-electron chi connectivity index (χ0n) is 7.10. The van der Waals surface area contributed by atoms with Crippen molar-refractivity contribution in [1.82, 2.24) is 0 Å². The molecule has 0 saturated carbocycles. The molecule has 0 bridgehead atoms. The van der Waals surface area contributed by atoms with Crippen LogP contribution in [0.1, 0.15) is 34.1 Å². The molecule has 0 unspecified atom stereocenters. The van der Waals surface area contributed by atoms with Gasteiger partial charge in [0.05, 0.1) is 0 Å². The SMILES string of the molecule is CC[CH]SC(=O)C(C)(C)C. The average molecular weight is 159 g/mol. The van der Waals surface area contributed by atoms with Gasteiger partial charge in [-0.05, 0) is 6.42 Å². The van der Waals surface area contributed by atoms with Crippen LogP contribution < -0.4 is 0 Å². The molecule has 1 nitrogen and oxygen atoms in total. The van der Waals surface area contributed by atoms with Gasteiger partial charge < -0.3 is 0 Å². The Labute approximate surface area is 67.6 Å². The zero-order chi connectivity index (χ0) is 8.20. The number of hydrogen-bond donors (Lipinski definition) is 0. The van der Waals surface area contributed by atoms with Crippen molar-refractivity contribution in [3.63, 3.8) is 0 Å². The molecule has 10 heavy (non-hydrogen) atoms. The first-order valence-electron chi connectivity index (χ1n) is 3.51. The van der Waals surface area contributed by atoms with Gasteiger partial charge in [0.1, 0.15) is 0 Å². The molecular formula is C8H15OS. The molecular weight excluding hydrogens is 144 g/mol. The number of hydrogen-bond acceptors (Lipinski definition) is 2. The zero-order valence-corrected chi connectivity index (χ0v) is 7.92. The number of carbonyl (C=O) groups excluding carboxylic acids is 1. The molecule has 0 aromatic rings. The normalized spacial score (nSPS) is 11.6. The molecule has 0 aliphatic heterocycles. The van der Waals surface area contributed by atoms with Crippen LogP contribution in [0.4, 0.5) is 0 Å². The molecule has 0 amide bonds. The topological polar surface area (TPSA) is 17.1 Å². The maximum Gasteiger partial charge on any atom is 0.194 e. The average Bonchev–Trinajstić information content (AvgIpc) is 1.80. The van der Waals surface area contributed by atoms with Crippen molar-refractivity contribution in [3.05, 3.63) is 5.75 Å². The molecule has 0 aliphatic carbocycles. The molecule has 0 saturated heterocycles. The van der Waals surface area contributed by atoms with Gasteiger partial charge in [0.25, 0.3) is 0 Å². The Bertz CT molecular complexity index is 113. The summed E-state index contributed by atoms with van der Waals surface area (Å²) in [5.41, 5.74) is -0.198. The van der Waals surface area contributed by atoms with Gasteiger partial charge in [-0.1, -0.05) is 39.5 Å². The fourth-order valence-electron chi connectivity index (χ4n) is 0.336. The van der Waals surface area contributed by atoms with Crippen molar-refractivity contribution < 1.29 is 4.79 Å². The molecule has 0 spiro atoms. The lowest BCUT2D eigenvalue weighted by Gasteiger charge is -2.14. The Kier molecular flexibility index (Phi) is 4.02. The highest BCUT2D eigenvalue weighted by Crippen LogP contribution is 2.24. The first-order chi connectivity index (χ1) is 4.48. The van der Waals surface area contributed by atoms with Crippen molar-refractivity contribution in [3.8, 4) is 0 Å². The predicted molar refractivity (Wildman–Crippen MR) is 46.6 cm³/mol. The Morgan fingerprint density at radius 3 is 2.30 bits per heavy atom. The van der Waals surface area contributed by atoms with Gasteiger partial charge in [0.2, 0.25) is 0 Å². The highest BCUT2D eigenvalue weighted by Gasteiger charge is 2.20. The molecule has 0 heterocycles. The van der Waals surface area contributed by atoms with E-state index < -0.39 is 0 Å². The highest BCUT2D eigenvalue weighted by atomic mass is 32.2. The molecule has 0 aromatic heterocycles. The second-order valence-corrected chi connectivity index (χ2v) is 4.17. The molecule has 0 N–H and O–H groups in total. The minimum Gasteiger partial charge on any atom is -0.287 e. The van der Waals surface area contributed by atoms with Crippen molar-refractivity contribution in [2.24, 2.45) is 5.41 Å². The summed E-state index contributed by atoms with van der Waals surface area (Å²) in [5.74, 6) is 1.94. The largest absolute Gasteiger partial charge is 0.287 e. The lowest BCUT2D eigenvalue weighted by molar-refractivity contribution is -0.117. The predicted octanol–water partition coefficient (Wildman–Crippen LogP) is 2.86. The number of rotatable bonds is 2. The Morgan fingerprint density at radius 2 is 2.00 bits per heavy atom. The van der Waals surface area contributed by atoms with Crippen molar-refractivity contribution in [2.45, 2.75) is 34.1 Å². The first-order valence-corrected chi connectivity index (χ1v) is 4.39. The van der Waals surface area contributed by atoms with Gasteiger partial charge in [-0.25, -0.2) is 0 Å². The minimum absolute atomic E-state index is 0.198. The van der Waals surface area contributed by atoms with Crippen LogP contribution in [0.15, 0.2) is 0 Å². The Hall–Kier alpha value is 0.0200. The third-order valence-corrected chi connectivity index (χ3v) is 2.30. The van der Waals surface area contributed by atoms with E-state index in [0.717, 1.165) is 6.42 Å². The minimum atomic E-state index is -0.198. The third-order valence-electron chi connectivity index (χ3n) is 0.969. The van der Waals surface area contributed by atoms with Crippen LogP contribution in [0.5, 0.6) is 0 Å². The van der Waals surface area contributed by atoms with Gasteiger partial charge in [-0.3, -0.25) is 4.79 Å². The summed E-state index contributed by atoms with van der Waals surface area (Å²) in [6, 6.07) is 0. The van der Waals surface area contributed by atoms with Gasteiger partial charge in [0, 0.05) is 11.2 Å². The number of carbonyl (C=O) groups is 1. The molecule has 0 fully saturated rings. The lowest BCUT2D eigenvalue weighted by Crippen LogP contribution is -2.15. The van der Waals surface area contributed by atoms with Gasteiger partial charge >= 0.3 is 0 Å². The fourth-order valence-corrected chi connectivity index (χ4v) is 1.01. The van der Waals surface area contributed by atoms with E-state index in [9.17, 15) is 4.79 Å². The molecule has 0 rings (SSSR count). The molecule has 2 heteroatoms. The number of thioether (sulfide) groups is 1. The molecule has 59 valence electrons. The lowest BCUT2D eigenvalue weighted by atomic mass is 10.00. The smallest absolute Gasteiger partial charge is 0.194 e. The second kappa shape index (κ2) is 4.02. The van der Waals surface area contributed by atoms with Gasteiger partial charge in [0.15, 0.2) is 5.12 Å². The second-order valence-electron chi connectivity index (χ2n) is 3.23. The van der Waals surface area contributed by atoms with Crippen LogP contribution in [0.3, 0.4) is 0 Å². The Morgan fingerprint density at radius 1 is 1.50 bits per heavy atom. The van der Waals surface area contributed by atoms with E-state index in [1.807, 2.05) is 33.4 Å². The van der Waals surface area contributed by atoms with Crippen LogP contribution in [0.2, 0.25) is 0 Å².